The topological polar surface area (TPSA) is 26.0 Å². The molecular weight excluding hydrogens is 374 g/mol. The average Bonchev–Trinajstić information content (AvgIpc) is 3.09. The molecule has 0 bridgehead atoms. The number of nitrogens with two attached hydrogens (primary N) is 1. The Morgan fingerprint density at radius 1 is 0.871 bits per heavy atom. The maximum Gasteiger partial charge on any atom is 0.00444 e. The first-order chi connectivity index (χ1) is 14.7. The predicted octanol–water partition coefficient (Wildman–Crippen LogP) is 9.00. The van der Waals surface area contributed by atoms with Gasteiger partial charge in [0.15, 0.2) is 0 Å². The van der Waals surface area contributed by atoms with E-state index in [1.54, 1.807) is 6.42 Å². The molecule has 4 saturated carbocycles. The highest BCUT2D eigenvalue weighted by Gasteiger charge is 2.62. The SMILES string of the molecule is CC.CCC(C)CCCCC1CCC2C3CCC4(C)CC(N)CCC4(C)C3CCC12C. The van der Waals surface area contributed by atoms with Crippen molar-refractivity contribution in [3.05, 3.63) is 0 Å². The van der Waals surface area contributed by atoms with Gasteiger partial charge in [0.25, 0.3) is 0 Å². The molecule has 0 radical (unpaired) electrons. The molecule has 31 heavy (non-hydrogen) atoms. The van der Waals surface area contributed by atoms with Crippen molar-refractivity contribution in [2.24, 2.45) is 51.6 Å². The molecule has 0 heterocycles. The molecule has 1 heteroatoms. The zero-order chi connectivity index (χ0) is 22.9. The zero-order valence-corrected chi connectivity index (χ0v) is 22.4. The quantitative estimate of drug-likeness (QED) is 0.417. The molecule has 0 amide bonds. The Hall–Kier alpha value is -0.0400. The van der Waals surface area contributed by atoms with E-state index in [4.69, 9.17) is 5.73 Å². The van der Waals surface area contributed by atoms with Gasteiger partial charge in [0.05, 0.1) is 0 Å². The molecule has 2 N–H and O–H groups in total. The van der Waals surface area contributed by atoms with Crippen LogP contribution >= 0.6 is 0 Å². The van der Waals surface area contributed by atoms with Gasteiger partial charge in [-0.3, -0.25) is 0 Å². The molecule has 0 aromatic heterocycles. The van der Waals surface area contributed by atoms with Crippen molar-refractivity contribution in [3.8, 4) is 0 Å². The summed E-state index contributed by atoms with van der Waals surface area (Å²) in [5.74, 6) is 4.98. The summed E-state index contributed by atoms with van der Waals surface area (Å²) in [6.07, 6.45) is 20.3. The van der Waals surface area contributed by atoms with E-state index in [1.165, 1.54) is 83.5 Å². The van der Waals surface area contributed by atoms with Crippen molar-refractivity contribution in [2.75, 3.05) is 0 Å². The van der Waals surface area contributed by atoms with E-state index in [0.29, 0.717) is 22.3 Å². The minimum atomic E-state index is 0.463. The van der Waals surface area contributed by atoms with Gasteiger partial charge in [0.2, 0.25) is 0 Å². The van der Waals surface area contributed by atoms with Crippen LogP contribution in [0.1, 0.15) is 138 Å². The highest BCUT2D eigenvalue weighted by Crippen LogP contribution is 2.70. The first-order valence-electron chi connectivity index (χ1n) is 14.5. The lowest BCUT2D eigenvalue weighted by Gasteiger charge is -2.65. The van der Waals surface area contributed by atoms with Crippen molar-refractivity contribution in [1.29, 1.82) is 0 Å². The van der Waals surface area contributed by atoms with E-state index in [2.05, 4.69) is 34.6 Å². The summed E-state index contributed by atoms with van der Waals surface area (Å²) in [5.41, 5.74) is 8.19. The molecule has 4 aliphatic rings. The molecule has 1 nitrogen and oxygen atoms in total. The zero-order valence-electron chi connectivity index (χ0n) is 22.4. The minimum absolute atomic E-state index is 0.463. The van der Waals surface area contributed by atoms with Gasteiger partial charge in [0.1, 0.15) is 0 Å². The van der Waals surface area contributed by atoms with Crippen LogP contribution in [0, 0.1) is 45.8 Å². The molecule has 4 aliphatic carbocycles. The van der Waals surface area contributed by atoms with Crippen LogP contribution in [0.2, 0.25) is 0 Å². The summed E-state index contributed by atoms with van der Waals surface area (Å²) in [6.45, 7) is 16.8. The Morgan fingerprint density at radius 3 is 2.32 bits per heavy atom. The van der Waals surface area contributed by atoms with E-state index in [0.717, 1.165) is 29.6 Å². The number of hydrogen-bond acceptors (Lipinski definition) is 1. The maximum atomic E-state index is 6.46. The van der Waals surface area contributed by atoms with E-state index >= 15 is 0 Å². The van der Waals surface area contributed by atoms with Gasteiger partial charge >= 0.3 is 0 Å². The van der Waals surface area contributed by atoms with Gasteiger partial charge in [-0.1, -0.05) is 74.1 Å². The number of unbranched alkanes of at least 4 members (excludes halogenated alkanes) is 1. The number of fused-ring (bicyclic) bond motifs is 5. The fourth-order valence-corrected chi connectivity index (χ4v) is 9.36. The molecule has 0 aromatic carbocycles. The normalized spacial score (nSPS) is 47.4. The van der Waals surface area contributed by atoms with E-state index < -0.39 is 0 Å². The average molecular weight is 432 g/mol. The summed E-state index contributed by atoms with van der Waals surface area (Å²) < 4.78 is 0. The first-order valence-corrected chi connectivity index (χ1v) is 14.5. The van der Waals surface area contributed by atoms with Gasteiger partial charge < -0.3 is 5.73 Å². The molecule has 182 valence electrons. The smallest absolute Gasteiger partial charge is 0.00444 e. The van der Waals surface area contributed by atoms with Crippen LogP contribution in [0.3, 0.4) is 0 Å². The molecule has 9 atom stereocenters. The van der Waals surface area contributed by atoms with Crippen LogP contribution < -0.4 is 5.73 Å². The van der Waals surface area contributed by atoms with E-state index in [9.17, 15) is 0 Å². The Kier molecular flexibility index (Phi) is 8.31. The lowest BCUT2D eigenvalue weighted by molar-refractivity contribution is -0.155. The van der Waals surface area contributed by atoms with Crippen LogP contribution in [0.5, 0.6) is 0 Å². The van der Waals surface area contributed by atoms with E-state index in [-0.39, 0.29) is 0 Å². The van der Waals surface area contributed by atoms with Crippen molar-refractivity contribution in [1.82, 2.24) is 0 Å². The van der Waals surface area contributed by atoms with Crippen molar-refractivity contribution < 1.29 is 0 Å². The van der Waals surface area contributed by atoms with Gasteiger partial charge in [-0.15, -0.1) is 0 Å². The molecule has 9 unspecified atom stereocenters. The van der Waals surface area contributed by atoms with Crippen LogP contribution in [-0.2, 0) is 0 Å². The standard InChI is InChI=1S/C28H51N.C2H6/c1-6-20(2)9-7-8-10-21-11-12-24-23-14-16-26(3)19-22(29)13-18-28(26,5)25(23)15-17-27(21,24)4;1-2/h20-25H,6-19,29H2,1-5H3;1-2H3. The predicted molar refractivity (Wildman–Crippen MR) is 137 cm³/mol. The van der Waals surface area contributed by atoms with Crippen LogP contribution in [0.15, 0.2) is 0 Å². The maximum absolute atomic E-state index is 6.46. The Morgan fingerprint density at radius 2 is 1.61 bits per heavy atom. The van der Waals surface area contributed by atoms with Gasteiger partial charge in [-0.05, 0) is 110 Å². The minimum Gasteiger partial charge on any atom is -0.328 e. The summed E-state index contributed by atoms with van der Waals surface area (Å²) in [4.78, 5) is 0. The van der Waals surface area contributed by atoms with Crippen molar-refractivity contribution in [3.63, 3.8) is 0 Å². The Balaban J connectivity index is 0.00000132. The first kappa shape index (κ1) is 25.6. The summed E-state index contributed by atoms with van der Waals surface area (Å²) >= 11 is 0. The largest absolute Gasteiger partial charge is 0.328 e. The fourth-order valence-electron chi connectivity index (χ4n) is 9.36. The van der Waals surface area contributed by atoms with Crippen LogP contribution in [-0.4, -0.2) is 6.04 Å². The van der Waals surface area contributed by atoms with E-state index in [1.807, 2.05) is 13.8 Å². The summed E-state index contributed by atoms with van der Waals surface area (Å²) in [6, 6.07) is 0.463. The van der Waals surface area contributed by atoms with Crippen molar-refractivity contribution in [2.45, 2.75) is 144 Å². The second-order valence-electron chi connectivity index (χ2n) is 13.0. The third-order valence-corrected chi connectivity index (χ3v) is 11.8. The van der Waals surface area contributed by atoms with Crippen LogP contribution in [0.25, 0.3) is 0 Å². The fraction of sp³-hybridized carbons (Fsp3) is 1.00. The number of hydrogen-bond donors (Lipinski definition) is 1. The molecule has 0 aliphatic heterocycles. The Labute approximate surface area is 196 Å². The lowest BCUT2D eigenvalue weighted by Crippen LogP contribution is -2.59. The third-order valence-electron chi connectivity index (χ3n) is 11.8. The highest BCUT2D eigenvalue weighted by atomic mass is 14.7. The van der Waals surface area contributed by atoms with Crippen LogP contribution in [0.4, 0.5) is 0 Å². The van der Waals surface area contributed by atoms with Gasteiger partial charge in [-0.25, -0.2) is 0 Å². The molecular formula is C30H57N. The number of rotatable bonds is 6. The second kappa shape index (κ2) is 10.1. The molecule has 4 fully saturated rings. The second-order valence-corrected chi connectivity index (χ2v) is 13.0. The highest BCUT2D eigenvalue weighted by molar-refractivity contribution is 5.12. The lowest BCUT2D eigenvalue weighted by atomic mass is 9.40. The van der Waals surface area contributed by atoms with Gasteiger partial charge in [-0.2, -0.15) is 0 Å². The summed E-state index contributed by atoms with van der Waals surface area (Å²) in [7, 11) is 0. The molecule has 4 rings (SSSR count). The third kappa shape index (κ3) is 4.52. The molecule has 0 aromatic rings. The monoisotopic (exact) mass is 431 g/mol. The Bertz CT molecular complexity index is 571. The van der Waals surface area contributed by atoms with Gasteiger partial charge in [0, 0.05) is 6.04 Å². The summed E-state index contributed by atoms with van der Waals surface area (Å²) in [5, 5.41) is 0. The molecule has 0 saturated heterocycles. The van der Waals surface area contributed by atoms with Crippen molar-refractivity contribution >= 4 is 0 Å². The molecule has 0 spiro atoms.